The van der Waals surface area contributed by atoms with Crippen molar-refractivity contribution in [3.63, 3.8) is 0 Å². The van der Waals surface area contributed by atoms with Crippen molar-refractivity contribution in [2.75, 3.05) is 19.7 Å². The molecular weight excluding hydrogens is 322 g/mol. The van der Waals surface area contributed by atoms with Crippen molar-refractivity contribution in [3.05, 3.63) is 29.6 Å². The molecule has 1 atom stereocenters. The molecule has 2 aromatic rings. The number of hydrogen-bond donors (Lipinski definition) is 0. The Bertz CT molecular complexity index is 758. The van der Waals surface area contributed by atoms with Crippen LogP contribution in [0, 0.1) is 6.92 Å². The van der Waals surface area contributed by atoms with E-state index in [2.05, 4.69) is 15.3 Å². The predicted molar refractivity (Wildman–Crippen MR) is 88.7 cm³/mol. The highest BCUT2D eigenvalue weighted by atomic mass is 16.5. The van der Waals surface area contributed by atoms with Crippen LogP contribution in [0.3, 0.4) is 0 Å². The van der Waals surface area contributed by atoms with Crippen LogP contribution in [0.15, 0.2) is 18.3 Å². The highest BCUT2D eigenvalue weighted by molar-refractivity contribution is 5.96. The molecule has 132 valence electrons. The number of nitrogens with zero attached hydrogens (tertiary/aromatic N) is 5. The van der Waals surface area contributed by atoms with Gasteiger partial charge in [-0.05, 0) is 25.8 Å². The second-order valence-electron chi connectivity index (χ2n) is 6.43. The first kappa shape index (κ1) is 15.9. The van der Waals surface area contributed by atoms with Gasteiger partial charge in [-0.1, -0.05) is 0 Å². The van der Waals surface area contributed by atoms with Crippen LogP contribution in [-0.4, -0.2) is 56.6 Å². The Labute approximate surface area is 145 Å². The van der Waals surface area contributed by atoms with E-state index in [1.807, 2.05) is 24.0 Å². The van der Waals surface area contributed by atoms with Crippen molar-refractivity contribution >= 4 is 5.91 Å². The molecule has 1 unspecified atom stereocenters. The van der Waals surface area contributed by atoms with Crippen LogP contribution in [0.5, 0.6) is 11.8 Å². The lowest BCUT2D eigenvalue weighted by Crippen LogP contribution is -2.44. The Morgan fingerprint density at radius 1 is 1.28 bits per heavy atom. The van der Waals surface area contributed by atoms with Crippen LogP contribution in [0.4, 0.5) is 0 Å². The van der Waals surface area contributed by atoms with Gasteiger partial charge >= 0.3 is 0 Å². The molecule has 4 heterocycles. The van der Waals surface area contributed by atoms with Gasteiger partial charge in [-0.25, -0.2) is 4.68 Å². The monoisotopic (exact) mass is 343 g/mol. The number of hydrogen-bond acceptors (Lipinski definition) is 6. The number of aryl methyl sites for hydroxylation is 2. The van der Waals surface area contributed by atoms with Crippen LogP contribution in [0.25, 0.3) is 0 Å². The molecule has 1 amide bonds. The number of carbonyl (C=O) groups is 1. The fraction of sp³-hybridized carbons (Fsp3) is 0.529. The second-order valence-corrected chi connectivity index (χ2v) is 6.43. The molecule has 2 aromatic heterocycles. The largest absolute Gasteiger partial charge is 0.477 e. The van der Waals surface area contributed by atoms with Gasteiger partial charge in [0, 0.05) is 25.6 Å². The molecule has 2 aliphatic heterocycles. The number of carbonyl (C=O) groups excluding carboxylic acids is 1. The molecule has 0 aromatic carbocycles. The summed E-state index contributed by atoms with van der Waals surface area (Å²) in [5.41, 5.74) is 1.38. The van der Waals surface area contributed by atoms with Gasteiger partial charge in [-0.3, -0.25) is 4.79 Å². The maximum atomic E-state index is 12.9. The summed E-state index contributed by atoms with van der Waals surface area (Å²) in [6, 6.07) is 3.68. The van der Waals surface area contributed by atoms with E-state index in [1.54, 1.807) is 10.9 Å². The van der Waals surface area contributed by atoms with Crippen LogP contribution in [0.2, 0.25) is 0 Å². The smallest absolute Gasteiger partial charge is 0.261 e. The highest BCUT2D eigenvalue weighted by Crippen LogP contribution is 2.25. The standard InChI is InChI=1S/C17H21N5O3/c1-12-5-6-15(20-19-12)25-13-4-2-7-21(11-13)16(23)14-10-18-22-8-3-9-24-17(14)22/h5-6,10,13H,2-4,7-9,11H2,1H3. The van der Waals surface area contributed by atoms with Gasteiger partial charge in [0.25, 0.3) is 5.91 Å². The van der Waals surface area contributed by atoms with Gasteiger partial charge in [0.05, 0.1) is 25.0 Å². The van der Waals surface area contributed by atoms with E-state index in [0.29, 0.717) is 37.0 Å². The first-order valence-electron chi connectivity index (χ1n) is 8.65. The zero-order chi connectivity index (χ0) is 17.2. The summed E-state index contributed by atoms with van der Waals surface area (Å²) in [5.74, 6) is 1.03. The summed E-state index contributed by atoms with van der Waals surface area (Å²) in [5, 5.41) is 12.3. The SMILES string of the molecule is Cc1ccc(OC2CCCN(C(=O)c3cnn4c3OCCC4)C2)nn1. The summed E-state index contributed by atoms with van der Waals surface area (Å²) < 4.78 is 13.3. The number of aromatic nitrogens is 4. The molecule has 8 nitrogen and oxygen atoms in total. The zero-order valence-corrected chi connectivity index (χ0v) is 14.2. The third kappa shape index (κ3) is 3.29. The predicted octanol–water partition coefficient (Wildman–Crippen LogP) is 1.45. The van der Waals surface area contributed by atoms with E-state index in [1.165, 1.54) is 0 Å². The molecule has 0 N–H and O–H groups in total. The summed E-state index contributed by atoms with van der Waals surface area (Å²) >= 11 is 0. The number of likely N-dealkylation sites (tertiary alicyclic amines) is 1. The molecule has 4 rings (SSSR count). The lowest BCUT2D eigenvalue weighted by atomic mass is 10.1. The maximum Gasteiger partial charge on any atom is 0.261 e. The Morgan fingerprint density at radius 3 is 3.04 bits per heavy atom. The summed E-state index contributed by atoms with van der Waals surface area (Å²) in [6.45, 7) is 4.54. The van der Waals surface area contributed by atoms with E-state index < -0.39 is 0 Å². The molecule has 1 fully saturated rings. The van der Waals surface area contributed by atoms with E-state index in [4.69, 9.17) is 9.47 Å². The van der Waals surface area contributed by atoms with Gasteiger partial charge in [0.1, 0.15) is 11.7 Å². The van der Waals surface area contributed by atoms with Crippen LogP contribution < -0.4 is 9.47 Å². The van der Waals surface area contributed by atoms with Crippen molar-refractivity contribution in [1.82, 2.24) is 24.9 Å². The van der Waals surface area contributed by atoms with E-state index in [9.17, 15) is 4.79 Å². The van der Waals surface area contributed by atoms with Crippen LogP contribution >= 0.6 is 0 Å². The number of rotatable bonds is 3. The average Bonchev–Trinajstić information content (AvgIpc) is 3.07. The van der Waals surface area contributed by atoms with E-state index in [0.717, 1.165) is 31.5 Å². The van der Waals surface area contributed by atoms with E-state index in [-0.39, 0.29) is 12.0 Å². The Balaban J connectivity index is 1.44. The van der Waals surface area contributed by atoms with Crippen molar-refractivity contribution in [3.8, 4) is 11.8 Å². The van der Waals surface area contributed by atoms with Crippen LogP contribution in [0.1, 0.15) is 35.3 Å². The summed E-state index contributed by atoms with van der Waals surface area (Å²) in [7, 11) is 0. The topological polar surface area (TPSA) is 82.4 Å². The molecule has 0 saturated carbocycles. The number of piperidine rings is 1. The third-order valence-electron chi connectivity index (χ3n) is 4.50. The summed E-state index contributed by atoms with van der Waals surface area (Å²) in [4.78, 5) is 14.7. The first-order chi connectivity index (χ1) is 12.2. The van der Waals surface area contributed by atoms with Gasteiger partial charge in [-0.15, -0.1) is 5.10 Å². The van der Waals surface area contributed by atoms with Gasteiger partial charge < -0.3 is 14.4 Å². The Morgan fingerprint density at radius 2 is 2.20 bits per heavy atom. The molecule has 0 bridgehead atoms. The highest BCUT2D eigenvalue weighted by Gasteiger charge is 2.30. The minimum absolute atomic E-state index is 0.0496. The van der Waals surface area contributed by atoms with Gasteiger partial charge in [-0.2, -0.15) is 10.2 Å². The molecule has 0 spiro atoms. The fourth-order valence-corrected chi connectivity index (χ4v) is 3.23. The third-order valence-corrected chi connectivity index (χ3v) is 4.50. The van der Waals surface area contributed by atoms with Crippen molar-refractivity contribution < 1.29 is 14.3 Å². The Hall–Kier alpha value is -2.64. The number of fused-ring (bicyclic) bond motifs is 1. The second kappa shape index (κ2) is 6.70. The van der Waals surface area contributed by atoms with Crippen molar-refractivity contribution in [1.29, 1.82) is 0 Å². The van der Waals surface area contributed by atoms with Gasteiger partial charge in [0.2, 0.25) is 11.8 Å². The Kier molecular flexibility index (Phi) is 4.25. The molecule has 0 radical (unpaired) electrons. The van der Waals surface area contributed by atoms with Gasteiger partial charge in [0.15, 0.2) is 0 Å². The minimum Gasteiger partial charge on any atom is -0.477 e. The molecule has 8 heteroatoms. The van der Waals surface area contributed by atoms with Crippen molar-refractivity contribution in [2.45, 2.75) is 38.8 Å². The number of amides is 1. The van der Waals surface area contributed by atoms with E-state index >= 15 is 0 Å². The average molecular weight is 343 g/mol. The maximum absolute atomic E-state index is 12.9. The minimum atomic E-state index is -0.0815. The summed E-state index contributed by atoms with van der Waals surface area (Å²) in [6.07, 6.45) is 4.22. The molecule has 25 heavy (non-hydrogen) atoms. The fourth-order valence-electron chi connectivity index (χ4n) is 3.23. The zero-order valence-electron chi connectivity index (χ0n) is 14.2. The lowest BCUT2D eigenvalue weighted by Gasteiger charge is -2.32. The molecule has 0 aliphatic carbocycles. The molecular formula is C17H21N5O3. The molecule has 1 saturated heterocycles. The number of ether oxygens (including phenoxy) is 2. The van der Waals surface area contributed by atoms with Crippen LogP contribution in [-0.2, 0) is 6.54 Å². The molecule has 2 aliphatic rings. The quantitative estimate of drug-likeness (QED) is 0.839. The first-order valence-corrected chi connectivity index (χ1v) is 8.65. The normalized spacial score (nSPS) is 19.9. The van der Waals surface area contributed by atoms with Crippen molar-refractivity contribution in [2.24, 2.45) is 0 Å². The lowest BCUT2D eigenvalue weighted by molar-refractivity contribution is 0.0520.